The van der Waals surface area contributed by atoms with E-state index in [-0.39, 0.29) is 6.10 Å². The van der Waals surface area contributed by atoms with E-state index in [1.165, 1.54) is 6.33 Å². The van der Waals surface area contributed by atoms with Gasteiger partial charge in [-0.2, -0.15) is 0 Å². The highest BCUT2D eigenvalue weighted by Crippen LogP contribution is 2.23. The van der Waals surface area contributed by atoms with E-state index in [0.29, 0.717) is 12.5 Å². The van der Waals surface area contributed by atoms with Crippen molar-refractivity contribution >= 4 is 5.82 Å². The molecule has 1 atom stereocenters. The van der Waals surface area contributed by atoms with Crippen LogP contribution in [0, 0.1) is 0 Å². The number of hydrogen-bond acceptors (Lipinski definition) is 6. The summed E-state index contributed by atoms with van der Waals surface area (Å²) in [7, 11) is 0. The van der Waals surface area contributed by atoms with Gasteiger partial charge in [0, 0.05) is 31.4 Å². The molecule has 0 amide bonds. The third-order valence-electron chi connectivity index (χ3n) is 3.34. The van der Waals surface area contributed by atoms with Crippen molar-refractivity contribution in [3.05, 3.63) is 36.9 Å². The number of aromatic nitrogens is 3. The summed E-state index contributed by atoms with van der Waals surface area (Å²) in [5, 5.41) is 0. The van der Waals surface area contributed by atoms with Crippen LogP contribution in [0.4, 0.5) is 5.82 Å². The molecule has 1 fully saturated rings. The topological polar surface area (TPSA) is 60.4 Å². The summed E-state index contributed by atoms with van der Waals surface area (Å²) in [4.78, 5) is 14.6. The fourth-order valence-electron chi connectivity index (χ4n) is 2.37. The Morgan fingerprint density at radius 3 is 2.95 bits per heavy atom. The van der Waals surface area contributed by atoms with Gasteiger partial charge in [-0.15, -0.1) is 0 Å². The average molecular weight is 286 g/mol. The minimum Gasteiger partial charge on any atom is -0.488 e. The molecule has 0 N–H and O–H groups in total. The largest absolute Gasteiger partial charge is 0.488 e. The van der Waals surface area contributed by atoms with Crippen LogP contribution in [0.2, 0.25) is 0 Å². The number of ether oxygens (including phenoxy) is 2. The van der Waals surface area contributed by atoms with Crippen LogP contribution in [0.1, 0.15) is 13.3 Å². The van der Waals surface area contributed by atoms with Crippen LogP contribution in [0.3, 0.4) is 0 Å². The molecule has 3 heterocycles. The Morgan fingerprint density at radius 1 is 1.29 bits per heavy atom. The minimum absolute atomic E-state index is 0.165. The smallest absolute Gasteiger partial charge is 0.218 e. The van der Waals surface area contributed by atoms with Crippen LogP contribution in [0.5, 0.6) is 11.6 Å². The summed E-state index contributed by atoms with van der Waals surface area (Å²) < 4.78 is 11.4. The molecule has 3 rings (SSSR count). The molecule has 1 aliphatic rings. The Morgan fingerprint density at radius 2 is 2.14 bits per heavy atom. The van der Waals surface area contributed by atoms with Gasteiger partial charge in [0.1, 0.15) is 24.0 Å². The molecule has 21 heavy (non-hydrogen) atoms. The fraction of sp³-hybridized carbons (Fsp3) is 0.400. The number of hydrogen-bond donors (Lipinski definition) is 0. The van der Waals surface area contributed by atoms with E-state index in [0.717, 1.165) is 31.1 Å². The van der Waals surface area contributed by atoms with E-state index in [1.807, 2.05) is 25.1 Å². The van der Waals surface area contributed by atoms with E-state index in [1.54, 1.807) is 12.4 Å². The van der Waals surface area contributed by atoms with Crippen molar-refractivity contribution in [1.82, 2.24) is 15.0 Å². The Hall–Kier alpha value is -2.37. The Balaban J connectivity index is 1.63. The molecule has 6 nitrogen and oxygen atoms in total. The molecule has 0 saturated carbocycles. The summed E-state index contributed by atoms with van der Waals surface area (Å²) in [5.41, 5.74) is 0. The van der Waals surface area contributed by atoms with E-state index in [4.69, 9.17) is 9.47 Å². The van der Waals surface area contributed by atoms with Gasteiger partial charge >= 0.3 is 0 Å². The minimum atomic E-state index is 0.165. The summed E-state index contributed by atoms with van der Waals surface area (Å²) in [5.74, 6) is 2.35. The lowest BCUT2D eigenvalue weighted by Gasteiger charge is -2.18. The SMILES string of the molecule is CCOc1cc(N2CCC(Oc3ccncc3)C2)ncn1. The van der Waals surface area contributed by atoms with E-state index < -0.39 is 0 Å². The van der Waals surface area contributed by atoms with Gasteiger partial charge < -0.3 is 14.4 Å². The highest BCUT2D eigenvalue weighted by molar-refractivity contribution is 5.42. The Kier molecular flexibility index (Phi) is 4.14. The lowest BCUT2D eigenvalue weighted by atomic mass is 10.3. The summed E-state index contributed by atoms with van der Waals surface area (Å²) >= 11 is 0. The predicted molar refractivity (Wildman–Crippen MR) is 78.7 cm³/mol. The van der Waals surface area contributed by atoms with Crippen LogP contribution in [-0.2, 0) is 0 Å². The maximum absolute atomic E-state index is 5.95. The summed E-state index contributed by atoms with van der Waals surface area (Å²) in [6.45, 7) is 4.27. The van der Waals surface area contributed by atoms with Crippen molar-refractivity contribution in [1.29, 1.82) is 0 Å². The van der Waals surface area contributed by atoms with Gasteiger partial charge in [0.2, 0.25) is 5.88 Å². The van der Waals surface area contributed by atoms with Crippen molar-refractivity contribution in [2.45, 2.75) is 19.4 Å². The van der Waals surface area contributed by atoms with Gasteiger partial charge in [0.25, 0.3) is 0 Å². The monoisotopic (exact) mass is 286 g/mol. The lowest BCUT2D eigenvalue weighted by molar-refractivity contribution is 0.224. The maximum Gasteiger partial charge on any atom is 0.218 e. The number of anilines is 1. The van der Waals surface area contributed by atoms with Crippen molar-refractivity contribution in [2.75, 3.05) is 24.6 Å². The summed E-state index contributed by atoms with van der Waals surface area (Å²) in [6, 6.07) is 5.62. The number of pyridine rings is 1. The predicted octanol–water partition coefficient (Wildman–Crippen LogP) is 1.93. The molecule has 2 aromatic heterocycles. The average Bonchev–Trinajstić information content (AvgIpc) is 2.97. The first-order valence-corrected chi connectivity index (χ1v) is 7.11. The molecule has 0 spiro atoms. The number of rotatable bonds is 5. The molecular weight excluding hydrogens is 268 g/mol. The van der Waals surface area contributed by atoms with Crippen molar-refractivity contribution in [3.63, 3.8) is 0 Å². The summed E-state index contributed by atoms with van der Waals surface area (Å²) in [6.07, 6.45) is 6.15. The highest BCUT2D eigenvalue weighted by Gasteiger charge is 2.25. The second-order valence-corrected chi connectivity index (χ2v) is 4.80. The van der Waals surface area contributed by atoms with Gasteiger partial charge in [0.05, 0.1) is 13.2 Å². The van der Waals surface area contributed by atoms with Gasteiger partial charge in [0.15, 0.2) is 0 Å². The van der Waals surface area contributed by atoms with Crippen LogP contribution in [0.25, 0.3) is 0 Å². The molecule has 0 aliphatic carbocycles. The zero-order valence-electron chi connectivity index (χ0n) is 12.0. The first-order valence-electron chi connectivity index (χ1n) is 7.11. The maximum atomic E-state index is 5.95. The quantitative estimate of drug-likeness (QED) is 0.837. The van der Waals surface area contributed by atoms with E-state index in [9.17, 15) is 0 Å². The first-order chi connectivity index (χ1) is 10.3. The standard InChI is InChI=1S/C15H18N4O2/c1-2-20-15-9-14(17-11-18-15)19-8-5-13(10-19)21-12-3-6-16-7-4-12/h3-4,6-7,9,11,13H,2,5,8,10H2,1H3. The molecule has 6 heteroatoms. The highest BCUT2D eigenvalue weighted by atomic mass is 16.5. The van der Waals surface area contributed by atoms with Gasteiger partial charge in [-0.05, 0) is 19.1 Å². The molecule has 1 aliphatic heterocycles. The second kappa shape index (κ2) is 6.39. The van der Waals surface area contributed by atoms with Crippen LogP contribution in [0.15, 0.2) is 36.9 Å². The van der Waals surface area contributed by atoms with Crippen molar-refractivity contribution < 1.29 is 9.47 Å². The van der Waals surface area contributed by atoms with E-state index >= 15 is 0 Å². The van der Waals surface area contributed by atoms with Gasteiger partial charge in [-0.3, -0.25) is 4.98 Å². The molecule has 1 saturated heterocycles. The van der Waals surface area contributed by atoms with Crippen LogP contribution in [-0.4, -0.2) is 40.8 Å². The zero-order chi connectivity index (χ0) is 14.5. The fourth-order valence-corrected chi connectivity index (χ4v) is 2.37. The van der Waals surface area contributed by atoms with Gasteiger partial charge in [-0.25, -0.2) is 9.97 Å². The second-order valence-electron chi connectivity index (χ2n) is 4.80. The normalized spacial score (nSPS) is 17.8. The van der Waals surface area contributed by atoms with Crippen molar-refractivity contribution in [3.8, 4) is 11.6 Å². The first kappa shape index (κ1) is 13.6. The van der Waals surface area contributed by atoms with Gasteiger partial charge in [-0.1, -0.05) is 0 Å². The molecule has 0 radical (unpaired) electrons. The molecule has 2 aromatic rings. The third kappa shape index (κ3) is 3.39. The number of nitrogens with zero attached hydrogens (tertiary/aromatic N) is 4. The van der Waals surface area contributed by atoms with Crippen molar-refractivity contribution in [2.24, 2.45) is 0 Å². The van der Waals surface area contributed by atoms with Crippen LogP contribution >= 0.6 is 0 Å². The Labute approximate surface area is 123 Å². The molecule has 1 unspecified atom stereocenters. The molecular formula is C15H18N4O2. The molecule has 110 valence electrons. The van der Waals surface area contributed by atoms with Crippen LogP contribution < -0.4 is 14.4 Å². The Bertz CT molecular complexity index is 579. The molecule has 0 aromatic carbocycles. The zero-order valence-corrected chi connectivity index (χ0v) is 12.0. The lowest BCUT2D eigenvalue weighted by Crippen LogP contribution is -2.25. The van der Waals surface area contributed by atoms with E-state index in [2.05, 4.69) is 19.9 Å². The molecule has 0 bridgehead atoms. The third-order valence-corrected chi connectivity index (χ3v) is 3.34.